The predicted molar refractivity (Wildman–Crippen MR) is 88.2 cm³/mol. The van der Waals surface area contributed by atoms with E-state index in [1.807, 2.05) is 0 Å². The molecular formula is C17H35OSi. The van der Waals surface area contributed by atoms with Gasteiger partial charge in [0.2, 0.25) is 0 Å². The largest absolute Gasteiger partial charge is 0.427 e. The van der Waals surface area contributed by atoms with Crippen LogP contribution in [0, 0.1) is 22.7 Å². The van der Waals surface area contributed by atoms with E-state index in [-0.39, 0.29) is 0 Å². The van der Waals surface area contributed by atoms with Crippen LogP contribution < -0.4 is 0 Å². The summed E-state index contributed by atoms with van der Waals surface area (Å²) in [6.45, 7) is 13.1. The highest BCUT2D eigenvalue weighted by Crippen LogP contribution is 2.50. The molecule has 1 radical (unpaired) electrons. The minimum absolute atomic E-state index is 0.319. The Morgan fingerprint density at radius 3 is 2.26 bits per heavy atom. The zero-order valence-corrected chi connectivity index (χ0v) is 16.1. The van der Waals surface area contributed by atoms with E-state index in [0.29, 0.717) is 10.8 Å². The molecule has 19 heavy (non-hydrogen) atoms. The van der Waals surface area contributed by atoms with Crippen LogP contribution >= 0.6 is 0 Å². The van der Waals surface area contributed by atoms with Crippen molar-refractivity contribution in [3.05, 3.63) is 5.92 Å². The maximum Gasteiger partial charge on any atom is 0.145 e. The van der Waals surface area contributed by atoms with Crippen molar-refractivity contribution in [1.82, 2.24) is 0 Å². The highest BCUT2D eigenvalue weighted by molar-refractivity contribution is 5.98. The fourth-order valence-electron chi connectivity index (χ4n) is 4.09. The molecule has 0 N–H and O–H groups in total. The van der Waals surface area contributed by atoms with Gasteiger partial charge in [0.15, 0.2) is 0 Å². The standard InChI is InChI=1S/C17H35OSi/c1-16(2,3)15-12-10-8-6-7-9-11-14(13-18-19)17(15,4)5/h15H,6-13H2,1-5,19H3. The first-order valence-corrected chi connectivity index (χ1v) is 8.96. The SMILES string of the molecule is CC(C)(C)C1CCCCCCC[C](CO[SiH3])C1(C)C. The first kappa shape index (κ1) is 17.2. The molecule has 0 spiro atoms. The van der Waals surface area contributed by atoms with E-state index >= 15 is 0 Å². The van der Waals surface area contributed by atoms with Crippen LogP contribution in [0.2, 0.25) is 0 Å². The number of hydrogen-bond donors (Lipinski definition) is 0. The lowest BCUT2D eigenvalue weighted by Gasteiger charge is -2.48. The van der Waals surface area contributed by atoms with Crippen LogP contribution in [-0.4, -0.2) is 17.1 Å². The van der Waals surface area contributed by atoms with Gasteiger partial charge >= 0.3 is 0 Å². The summed E-state index contributed by atoms with van der Waals surface area (Å²) in [7, 11) is 0.860. The number of hydrogen-bond acceptors (Lipinski definition) is 1. The molecule has 1 aliphatic rings. The summed E-state index contributed by atoms with van der Waals surface area (Å²) in [6.07, 6.45) is 9.67. The van der Waals surface area contributed by atoms with Gasteiger partial charge in [0.1, 0.15) is 10.5 Å². The lowest BCUT2D eigenvalue weighted by molar-refractivity contribution is 0.0673. The van der Waals surface area contributed by atoms with E-state index < -0.39 is 0 Å². The molecule has 0 aromatic rings. The Balaban J connectivity index is 2.94. The molecule has 0 amide bonds. The second kappa shape index (κ2) is 7.26. The van der Waals surface area contributed by atoms with Crippen molar-refractivity contribution in [2.45, 2.75) is 79.6 Å². The summed E-state index contributed by atoms with van der Waals surface area (Å²) in [6, 6.07) is 0. The number of rotatable bonds is 2. The third kappa shape index (κ3) is 4.89. The van der Waals surface area contributed by atoms with Crippen molar-refractivity contribution in [3.8, 4) is 0 Å². The van der Waals surface area contributed by atoms with Gasteiger partial charge in [-0.05, 0) is 29.6 Å². The second-order valence-corrected chi connectivity index (χ2v) is 8.56. The summed E-state index contributed by atoms with van der Waals surface area (Å²) < 4.78 is 5.65. The van der Waals surface area contributed by atoms with Crippen molar-refractivity contribution < 1.29 is 4.43 Å². The molecule has 1 fully saturated rings. The molecule has 1 unspecified atom stereocenters. The molecule has 1 nitrogen and oxygen atoms in total. The van der Waals surface area contributed by atoms with E-state index in [2.05, 4.69) is 34.6 Å². The fourth-order valence-corrected chi connectivity index (χ4v) is 4.44. The van der Waals surface area contributed by atoms with Gasteiger partial charge in [-0.25, -0.2) is 0 Å². The Kier molecular flexibility index (Phi) is 6.58. The molecule has 113 valence electrons. The minimum atomic E-state index is 0.319. The van der Waals surface area contributed by atoms with Crippen LogP contribution in [0.15, 0.2) is 0 Å². The van der Waals surface area contributed by atoms with Crippen LogP contribution in [0.1, 0.15) is 79.6 Å². The molecule has 0 aromatic heterocycles. The molecule has 0 aliphatic heterocycles. The zero-order chi connectivity index (χ0) is 14.5. The Bertz CT molecular complexity index is 254. The fraction of sp³-hybridized carbons (Fsp3) is 0.941. The summed E-state index contributed by atoms with van der Waals surface area (Å²) in [5, 5.41) is 0. The molecule has 1 rings (SSSR count). The zero-order valence-electron chi connectivity index (χ0n) is 14.1. The van der Waals surface area contributed by atoms with Gasteiger partial charge in [0.25, 0.3) is 0 Å². The average molecular weight is 284 g/mol. The lowest BCUT2D eigenvalue weighted by Crippen LogP contribution is -2.40. The van der Waals surface area contributed by atoms with Gasteiger partial charge in [-0.3, -0.25) is 0 Å². The van der Waals surface area contributed by atoms with Crippen molar-refractivity contribution in [3.63, 3.8) is 0 Å². The van der Waals surface area contributed by atoms with Crippen LogP contribution in [0.25, 0.3) is 0 Å². The van der Waals surface area contributed by atoms with Gasteiger partial charge in [0.05, 0.1) is 0 Å². The third-order valence-electron chi connectivity index (χ3n) is 5.12. The summed E-state index contributed by atoms with van der Waals surface area (Å²) in [5.41, 5.74) is 0.707. The second-order valence-electron chi connectivity index (χ2n) is 7.98. The van der Waals surface area contributed by atoms with Crippen LogP contribution in [0.3, 0.4) is 0 Å². The van der Waals surface area contributed by atoms with E-state index in [4.69, 9.17) is 4.43 Å². The Labute approximate surface area is 124 Å². The maximum atomic E-state index is 5.65. The Hall–Kier alpha value is 0.177. The Morgan fingerprint density at radius 2 is 1.68 bits per heavy atom. The quantitative estimate of drug-likeness (QED) is 0.687. The lowest BCUT2D eigenvalue weighted by atomic mass is 9.58. The third-order valence-corrected chi connectivity index (χ3v) is 5.41. The molecule has 0 bridgehead atoms. The molecule has 0 heterocycles. The van der Waals surface area contributed by atoms with E-state index in [1.165, 1.54) is 44.9 Å². The summed E-state index contributed by atoms with van der Waals surface area (Å²) >= 11 is 0. The van der Waals surface area contributed by atoms with E-state index in [9.17, 15) is 0 Å². The van der Waals surface area contributed by atoms with Crippen molar-refractivity contribution in [1.29, 1.82) is 0 Å². The topological polar surface area (TPSA) is 9.23 Å². The molecular weight excluding hydrogens is 248 g/mol. The average Bonchev–Trinajstić information content (AvgIpc) is 2.28. The van der Waals surface area contributed by atoms with Crippen molar-refractivity contribution >= 4 is 10.5 Å². The molecule has 1 aliphatic carbocycles. The molecule has 1 saturated carbocycles. The monoisotopic (exact) mass is 283 g/mol. The van der Waals surface area contributed by atoms with Gasteiger partial charge in [-0.15, -0.1) is 0 Å². The predicted octanol–water partition coefficient (Wildman–Crippen LogP) is 4.29. The molecule has 0 saturated heterocycles. The smallest absolute Gasteiger partial charge is 0.145 e. The van der Waals surface area contributed by atoms with Gasteiger partial charge < -0.3 is 4.43 Å². The molecule has 2 heteroatoms. The first-order chi connectivity index (χ1) is 8.80. The van der Waals surface area contributed by atoms with Crippen molar-refractivity contribution in [2.75, 3.05) is 6.61 Å². The minimum Gasteiger partial charge on any atom is -0.427 e. The van der Waals surface area contributed by atoms with Crippen molar-refractivity contribution in [2.24, 2.45) is 16.7 Å². The summed E-state index contributed by atoms with van der Waals surface area (Å²) in [4.78, 5) is 0. The van der Waals surface area contributed by atoms with Crippen LogP contribution in [0.5, 0.6) is 0 Å². The first-order valence-electron chi connectivity index (χ1n) is 8.14. The highest BCUT2D eigenvalue weighted by Gasteiger charge is 2.42. The van der Waals surface area contributed by atoms with Gasteiger partial charge in [-0.2, -0.15) is 0 Å². The maximum absolute atomic E-state index is 5.65. The highest BCUT2D eigenvalue weighted by atomic mass is 28.2. The summed E-state index contributed by atoms with van der Waals surface area (Å²) in [5.74, 6) is 2.44. The molecule has 0 aromatic carbocycles. The molecule has 1 atom stereocenters. The van der Waals surface area contributed by atoms with E-state index in [1.54, 1.807) is 5.92 Å². The van der Waals surface area contributed by atoms with Crippen LogP contribution in [0.4, 0.5) is 0 Å². The Morgan fingerprint density at radius 1 is 1.11 bits per heavy atom. The van der Waals surface area contributed by atoms with Gasteiger partial charge in [-0.1, -0.05) is 66.7 Å². The van der Waals surface area contributed by atoms with Gasteiger partial charge in [0, 0.05) is 12.5 Å². The normalized spacial score (nSPS) is 27.3. The van der Waals surface area contributed by atoms with E-state index in [0.717, 1.165) is 23.0 Å². The van der Waals surface area contributed by atoms with Crippen LogP contribution in [-0.2, 0) is 4.43 Å².